The van der Waals surface area contributed by atoms with Crippen molar-refractivity contribution >= 4 is 27.5 Å². The van der Waals surface area contributed by atoms with Gasteiger partial charge in [-0.2, -0.15) is 0 Å². The molecule has 1 unspecified atom stereocenters. The molecule has 0 radical (unpaired) electrons. The first kappa shape index (κ1) is 18.2. The zero-order chi connectivity index (χ0) is 13.6. The van der Waals surface area contributed by atoms with Crippen LogP contribution in [0.2, 0.25) is 0 Å². The van der Waals surface area contributed by atoms with Crippen molar-refractivity contribution < 1.29 is 4.79 Å². The van der Waals surface area contributed by atoms with Gasteiger partial charge in [0.05, 0.1) is 0 Å². The lowest BCUT2D eigenvalue weighted by Crippen LogP contribution is -2.23. The summed E-state index contributed by atoms with van der Waals surface area (Å²) in [6, 6.07) is 0. The van der Waals surface area contributed by atoms with E-state index in [1.165, 1.54) is 25.0 Å². The van der Waals surface area contributed by atoms with Crippen molar-refractivity contribution in [2.45, 2.75) is 71.0 Å². The Morgan fingerprint density at radius 1 is 1.28 bits per heavy atom. The summed E-state index contributed by atoms with van der Waals surface area (Å²) in [5.74, 6) is 1.55. The van der Waals surface area contributed by atoms with Gasteiger partial charge in [0.2, 0.25) is 5.91 Å². The Morgan fingerprint density at radius 2 is 2.06 bits per heavy atom. The van der Waals surface area contributed by atoms with E-state index in [2.05, 4.69) is 12.2 Å². The van der Waals surface area contributed by atoms with Crippen LogP contribution in [0.1, 0.15) is 65.7 Å². The molecule has 1 fully saturated rings. The second-order valence-corrected chi connectivity index (χ2v) is 7.07. The Labute approximate surface area is 121 Å². The molecule has 1 N–H and O–H groups in total. The van der Waals surface area contributed by atoms with Crippen molar-refractivity contribution in [1.29, 1.82) is 0 Å². The molecule has 108 valence electrons. The SMILES string of the molecule is CC.CCCCNC(=O)CCCCC1CCSS1. The quantitative estimate of drug-likeness (QED) is 0.521. The molecule has 0 saturated carbocycles. The molecule has 18 heavy (non-hydrogen) atoms. The van der Waals surface area contributed by atoms with Gasteiger partial charge in [-0.25, -0.2) is 0 Å². The van der Waals surface area contributed by atoms with Gasteiger partial charge in [0.15, 0.2) is 0 Å². The average molecular weight is 292 g/mol. The number of hydrogen-bond acceptors (Lipinski definition) is 3. The lowest BCUT2D eigenvalue weighted by molar-refractivity contribution is -0.121. The maximum atomic E-state index is 11.4. The molecule has 0 aromatic carbocycles. The maximum absolute atomic E-state index is 11.4. The molecule has 1 aliphatic rings. The van der Waals surface area contributed by atoms with Crippen LogP contribution in [0.5, 0.6) is 0 Å². The highest BCUT2D eigenvalue weighted by Gasteiger charge is 2.15. The number of amides is 1. The summed E-state index contributed by atoms with van der Waals surface area (Å²) < 4.78 is 0. The Kier molecular flexibility index (Phi) is 13.7. The van der Waals surface area contributed by atoms with E-state index in [9.17, 15) is 4.79 Å². The molecule has 1 heterocycles. The summed E-state index contributed by atoms with van der Waals surface area (Å²) in [6.07, 6.45) is 7.88. The molecule has 4 heteroatoms. The van der Waals surface area contributed by atoms with Crippen LogP contribution in [0.3, 0.4) is 0 Å². The number of rotatable bonds is 8. The van der Waals surface area contributed by atoms with E-state index < -0.39 is 0 Å². The molecule has 0 bridgehead atoms. The van der Waals surface area contributed by atoms with Crippen molar-refractivity contribution in [3.8, 4) is 0 Å². The van der Waals surface area contributed by atoms with E-state index in [1.807, 2.05) is 35.4 Å². The first-order chi connectivity index (χ1) is 8.83. The predicted octanol–water partition coefficient (Wildman–Crippen LogP) is 4.64. The number of carbonyl (C=O) groups excluding carboxylic acids is 1. The highest BCUT2D eigenvalue weighted by molar-refractivity contribution is 8.77. The van der Waals surface area contributed by atoms with Gasteiger partial charge in [-0.1, -0.05) is 55.2 Å². The van der Waals surface area contributed by atoms with Crippen LogP contribution in [0.15, 0.2) is 0 Å². The van der Waals surface area contributed by atoms with Gasteiger partial charge in [-0.05, 0) is 25.7 Å². The molecule has 0 spiro atoms. The van der Waals surface area contributed by atoms with E-state index in [1.54, 1.807) is 0 Å². The van der Waals surface area contributed by atoms with Crippen LogP contribution in [-0.2, 0) is 4.79 Å². The van der Waals surface area contributed by atoms with Crippen molar-refractivity contribution in [2.75, 3.05) is 12.3 Å². The molecule has 0 aromatic heterocycles. The van der Waals surface area contributed by atoms with E-state index in [-0.39, 0.29) is 5.91 Å². The van der Waals surface area contributed by atoms with Crippen molar-refractivity contribution in [2.24, 2.45) is 0 Å². The molecule has 0 aliphatic carbocycles. The summed E-state index contributed by atoms with van der Waals surface area (Å²) in [5, 5.41) is 3.82. The molecule has 1 atom stereocenters. The average Bonchev–Trinajstić information content (AvgIpc) is 2.90. The van der Waals surface area contributed by atoms with Gasteiger partial charge < -0.3 is 5.32 Å². The van der Waals surface area contributed by atoms with Crippen molar-refractivity contribution in [1.82, 2.24) is 5.32 Å². The summed E-state index contributed by atoms with van der Waals surface area (Å²) in [5.41, 5.74) is 0. The zero-order valence-corrected chi connectivity index (χ0v) is 13.8. The van der Waals surface area contributed by atoms with Gasteiger partial charge in [-0.3, -0.25) is 4.79 Å². The monoisotopic (exact) mass is 291 g/mol. The Bertz CT molecular complexity index is 194. The summed E-state index contributed by atoms with van der Waals surface area (Å²) in [4.78, 5) is 11.4. The lowest BCUT2D eigenvalue weighted by atomic mass is 10.1. The molecule has 1 saturated heterocycles. The fourth-order valence-corrected chi connectivity index (χ4v) is 4.74. The fourth-order valence-electron chi connectivity index (χ4n) is 1.71. The number of hydrogen-bond donors (Lipinski definition) is 1. The molecule has 0 aromatic rings. The number of carbonyl (C=O) groups is 1. The highest BCUT2D eigenvalue weighted by Crippen LogP contribution is 2.39. The number of nitrogens with one attached hydrogen (secondary N) is 1. The molecule has 2 nitrogen and oxygen atoms in total. The van der Waals surface area contributed by atoms with Crippen LogP contribution in [0.4, 0.5) is 0 Å². The van der Waals surface area contributed by atoms with Crippen LogP contribution in [0, 0.1) is 0 Å². The van der Waals surface area contributed by atoms with Gasteiger partial charge in [0.1, 0.15) is 0 Å². The van der Waals surface area contributed by atoms with Crippen LogP contribution in [0.25, 0.3) is 0 Å². The molecule has 1 rings (SSSR count). The number of unbranched alkanes of at least 4 members (excludes halogenated alkanes) is 2. The third-order valence-electron chi connectivity index (χ3n) is 2.76. The second kappa shape index (κ2) is 13.6. The van der Waals surface area contributed by atoms with Gasteiger partial charge in [-0.15, -0.1) is 0 Å². The Morgan fingerprint density at radius 3 is 2.67 bits per heavy atom. The second-order valence-electron chi connectivity index (χ2n) is 4.28. The van der Waals surface area contributed by atoms with Gasteiger partial charge >= 0.3 is 0 Å². The smallest absolute Gasteiger partial charge is 0.219 e. The topological polar surface area (TPSA) is 29.1 Å². The summed E-state index contributed by atoms with van der Waals surface area (Å²) in [7, 11) is 4.03. The highest BCUT2D eigenvalue weighted by atomic mass is 33.1. The van der Waals surface area contributed by atoms with Crippen molar-refractivity contribution in [3.63, 3.8) is 0 Å². The van der Waals surface area contributed by atoms with E-state index in [0.29, 0.717) is 6.42 Å². The lowest BCUT2D eigenvalue weighted by Gasteiger charge is -2.07. The van der Waals surface area contributed by atoms with Crippen molar-refractivity contribution in [3.05, 3.63) is 0 Å². The van der Waals surface area contributed by atoms with Gasteiger partial charge in [0, 0.05) is 24.0 Å². The fraction of sp³-hybridized carbons (Fsp3) is 0.929. The summed E-state index contributed by atoms with van der Waals surface area (Å²) in [6.45, 7) is 6.99. The molecule has 1 aliphatic heterocycles. The Balaban J connectivity index is 0.00000137. The van der Waals surface area contributed by atoms with Crippen LogP contribution >= 0.6 is 21.6 Å². The minimum Gasteiger partial charge on any atom is -0.356 e. The normalized spacial score (nSPS) is 18.1. The van der Waals surface area contributed by atoms with E-state index in [4.69, 9.17) is 0 Å². The predicted molar refractivity (Wildman–Crippen MR) is 86.2 cm³/mol. The van der Waals surface area contributed by atoms with Gasteiger partial charge in [0.25, 0.3) is 0 Å². The molecular weight excluding hydrogens is 262 g/mol. The third-order valence-corrected chi connectivity index (χ3v) is 5.77. The minimum absolute atomic E-state index is 0.238. The molecular formula is C14H29NOS2. The van der Waals surface area contributed by atoms with E-state index >= 15 is 0 Å². The zero-order valence-electron chi connectivity index (χ0n) is 12.2. The first-order valence-electron chi connectivity index (χ1n) is 7.38. The van der Waals surface area contributed by atoms with Crippen LogP contribution < -0.4 is 5.32 Å². The summed E-state index contributed by atoms with van der Waals surface area (Å²) >= 11 is 0. The standard InChI is InChI=1S/C12H23NOS2.C2H6/c1-2-3-9-13-12(14)7-5-4-6-11-8-10-15-16-11;1-2/h11H,2-10H2,1H3,(H,13,14);1-2H3. The third kappa shape index (κ3) is 10.1. The van der Waals surface area contributed by atoms with E-state index in [0.717, 1.165) is 31.1 Å². The largest absolute Gasteiger partial charge is 0.356 e. The molecule has 1 amide bonds. The Hall–Kier alpha value is 0.170. The first-order valence-corrected chi connectivity index (χ1v) is 9.76. The maximum Gasteiger partial charge on any atom is 0.219 e. The van der Waals surface area contributed by atoms with Crippen LogP contribution in [-0.4, -0.2) is 23.5 Å². The minimum atomic E-state index is 0.238.